The predicted octanol–water partition coefficient (Wildman–Crippen LogP) is 17.0. The fraction of sp³-hybridized carbons (Fsp3) is 0. The lowest BCUT2D eigenvalue weighted by atomic mass is 9.98. The molecule has 0 radical (unpaired) electrons. The Bertz CT molecular complexity index is 3830. The van der Waals surface area contributed by atoms with E-state index >= 15 is 0 Å². The summed E-state index contributed by atoms with van der Waals surface area (Å²) in [5.41, 5.74) is 13.0. The maximum Gasteiger partial charge on any atom is 0.145 e. The number of hydrogen-bond donors (Lipinski definition) is 0. The number of furan rings is 1. The summed E-state index contributed by atoms with van der Waals surface area (Å²) >= 11 is 1.85. The first-order valence-corrected chi connectivity index (χ1v) is 21.9. The second-order valence-electron chi connectivity index (χ2n) is 16.0. The van der Waals surface area contributed by atoms with Crippen LogP contribution in [0.25, 0.3) is 103 Å². The Morgan fingerprint density at radius 2 is 1.05 bits per heavy atom. The predicted molar refractivity (Wildman–Crippen MR) is 264 cm³/mol. The largest absolute Gasteiger partial charge is 0.455 e. The van der Waals surface area contributed by atoms with Gasteiger partial charge in [0.2, 0.25) is 0 Å². The van der Waals surface area contributed by atoms with Gasteiger partial charge >= 0.3 is 0 Å². The number of thiophene rings is 1. The van der Waals surface area contributed by atoms with Crippen LogP contribution >= 0.6 is 11.3 Å². The summed E-state index contributed by atoms with van der Waals surface area (Å²) in [4.78, 5) is 2.42. The van der Waals surface area contributed by atoms with E-state index in [1.165, 1.54) is 63.9 Å². The van der Waals surface area contributed by atoms with Crippen LogP contribution in [0.5, 0.6) is 0 Å². The molecule has 0 aliphatic heterocycles. The Labute approximate surface area is 361 Å². The van der Waals surface area contributed by atoms with Gasteiger partial charge in [0.25, 0.3) is 0 Å². The van der Waals surface area contributed by atoms with Crippen LogP contribution < -0.4 is 4.90 Å². The van der Waals surface area contributed by atoms with Gasteiger partial charge in [0.1, 0.15) is 11.2 Å². The zero-order valence-electron chi connectivity index (χ0n) is 33.5. The number of fused-ring (bicyclic) bond motifs is 10. The molecule has 0 spiro atoms. The van der Waals surface area contributed by atoms with E-state index in [2.05, 4.69) is 228 Å². The van der Waals surface area contributed by atoms with Crippen molar-refractivity contribution in [2.24, 2.45) is 0 Å². The van der Waals surface area contributed by atoms with Gasteiger partial charge in [-0.15, -0.1) is 11.3 Å². The third kappa shape index (κ3) is 5.37. The highest BCUT2D eigenvalue weighted by atomic mass is 32.1. The lowest BCUT2D eigenvalue weighted by Gasteiger charge is -2.28. The van der Waals surface area contributed by atoms with E-state index in [1.807, 2.05) is 11.3 Å². The average Bonchev–Trinajstić information content (AvgIpc) is 4.02. The van der Waals surface area contributed by atoms with Crippen LogP contribution in [0.15, 0.2) is 223 Å². The molecule has 0 N–H and O–H groups in total. The van der Waals surface area contributed by atoms with E-state index in [9.17, 15) is 0 Å². The van der Waals surface area contributed by atoms with Crippen molar-refractivity contribution in [3.8, 4) is 27.9 Å². The van der Waals surface area contributed by atoms with Crippen LogP contribution in [0.4, 0.5) is 17.1 Å². The Balaban J connectivity index is 1.00. The number of rotatable bonds is 6. The van der Waals surface area contributed by atoms with Crippen molar-refractivity contribution >= 4 is 103 Å². The highest BCUT2D eigenvalue weighted by Gasteiger charge is 2.24. The summed E-state index contributed by atoms with van der Waals surface area (Å²) in [5, 5.41) is 9.63. The molecule has 10 aromatic carbocycles. The Morgan fingerprint density at radius 1 is 0.403 bits per heavy atom. The molecule has 3 heterocycles. The number of anilines is 3. The molecule has 0 aliphatic rings. The van der Waals surface area contributed by atoms with Crippen molar-refractivity contribution in [3.05, 3.63) is 218 Å². The summed E-state index contributed by atoms with van der Waals surface area (Å²) in [6, 6.07) is 79.1. The number of nitrogens with zero attached hydrogens (tertiary/aromatic N) is 2. The number of benzene rings is 10. The summed E-state index contributed by atoms with van der Waals surface area (Å²) in [6.07, 6.45) is 0. The summed E-state index contributed by atoms with van der Waals surface area (Å²) in [7, 11) is 0. The number of para-hydroxylation sites is 3. The molecule has 290 valence electrons. The molecule has 4 heteroatoms. The van der Waals surface area contributed by atoms with Crippen LogP contribution in [0, 0.1) is 0 Å². The molecule has 0 unspecified atom stereocenters. The third-order valence-electron chi connectivity index (χ3n) is 12.6. The molecule has 0 saturated heterocycles. The Kier molecular flexibility index (Phi) is 7.78. The molecular formula is C58H36N2OS. The molecule has 0 atom stereocenters. The van der Waals surface area contributed by atoms with Crippen LogP contribution in [-0.4, -0.2) is 4.57 Å². The highest BCUT2D eigenvalue weighted by molar-refractivity contribution is 7.25. The van der Waals surface area contributed by atoms with Crippen molar-refractivity contribution in [3.63, 3.8) is 0 Å². The fourth-order valence-electron chi connectivity index (χ4n) is 9.76. The quantitative estimate of drug-likeness (QED) is 0.167. The molecule has 62 heavy (non-hydrogen) atoms. The molecule has 3 aromatic heterocycles. The van der Waals surface area contributed by atoms with Crippen molar-refractivity contribution in [1.82, 2.24) is 4.57 Å². The van der Waals surface area contributed by atoms with Gasteiger partial charge in [-0.1, -0.05) is 140 Å². The second-order valence-corrected chi connectivity index (χ2v) is 17.1. The van der Waals surface area contributed by atoms with Gasteiger partial charge in [0.05, 0.1) is 27.8 Å². The lowest BCUT2D eigenvalue weighted by molar-refractivity contribution is 0.670. The van der Waals surface area contributed by atoms with Crippen molar-refractivity contribution in [1.29, 1.82) is 0 Å². The third-order valence-corrected chi connectivity index (χ3v) is 13.7. The minimum Gasteiger partial charge on any atom is -0.455 e. The van der Waals surface area contributed by atoms with E-state index < -0.39 is 0 Å². The van der Waals surface area contributed by atoms with Gasteiger partial charge in [0.15, 0.2) is 0 Å². The SMILES string of the molecule is c1cc(-c2ccc(N(c3ccc(-c4ccc5sc6ccccc6c5c4)cc3)c3cccc4ccccc34)c3c2oc2ccccc23)cc(-n2c3ccccc3c3ccccc32)c1. The Morgan fingerprint density at radius 3 is 1.87 bits per heavy atom. The van der Waals surface area contributed by atoms with Crippen molar-refractivity contribution < 1.29 is 4.42 Å². The highest BCUT2D eigenvalue weighted by Crippen LogP contribution is 2.48. The summed E-state index contributed by atoms with van der Waals surface area (Å²) in [5.74, 6) is 0. The monoisotopic (exact) mass is 808 g/mol. The summed E-state index contributed by atoms with van der Waals surface area (Å²) in [6.45, 7) is 0. The van der Waals surface area contributed by atoms with Crippen LogP contribution in [0.1, 0.15) is 0 Å². The smallest absolute Gasteiger partial charge is 0.145 e. The summed E-state index contributed by atoms with van der Waals surface area (Å²) < 4.78 is 12.0. The van der Waals surface area contributed by atoms with Gasteiger partial charge in [-0.3, -0.25) is 0 Å². The molecule has 13 aromatic rings. The first kappa shape index (κ1) is 34.9. The molecule has 0 fully saturated rings. The van der Waals surface area contributed by atoms with Crippen LogP contribution in [-0.2, 0) is 0 Å². The van der Waals surface area contributed by atoms with Crippen LogP contribution in [0.3, 0.4) is 0 Å². The molecule has 0 bridgehead atoms. The van der Waals surface area contributed by atoms with Gasteiger partial charge < -0.3 is 13.9 Å². The zero-order chi connectivity index (χ0) is 40.7. The molecule has 13 rings (SSSR count). The van der Waals surface area contributed by atoms with Gasteiger partial charge in [-0.05, 0) is 101 Å². The maximum absolute atomic E-state index is 6.96. The van der Waals surface area contributed by atoms with E-state index in [0.29, 0.717) is 0 Å². The number of aromatic nitrogens is 1. The van der Waals surface area contributed by atoms with Crippen molar-refractivity contribution in [2.75, 3.05) is 4.90 Å². The maximum atomic E-state index is 6.96. The lowest BCUT2D eigenvalue weighted by Crippen LogP contribution is -2.11. The van der Waals surface area contributed by atoms with Gasteiger partial charge in [0, 0.05) is 58.7 Å². The van der Waals surface area contributed by atoms with Gasteiger partial charge in [-0.25, -0.2) is 0 Å². The number of hydrogen-bond acceptors (Lipinski definition) is 3. The van der Waals surface area contributed by atoms with Gasteiger partial charge in [-0.2, -0.15) is 0 Å². The fourth-order valence-corrected chi connectivity index (χ4v) is 10.8. The van der Waals surface area contributed by atoms with E-state index in [-0.39, 0.29) is 0 Å². The standard InChI is InChI=1S/C58H36N2OS/c1-2-17-43-38(13-1)14-12-24-50(43)59(41-30-27-37(28-31-41)39-29-34-56-49(36-39)47-20-6-10-26-55(47)62-56)53-33-32-44(58-57(53)48-21-5-9-25-54(48)61-58)40-15-11-16-42(35-40)60-51-22-7-3-18-45(51)46-19-4-8-23-52(46)60/h1-36H. The zero-order valence-corrected chi connectivity index (χ0v) is 34.3. The minimum atomic E-state index is 0.860. The Hall–Kier alpha value is -7.92. The average molecular weight is 809 g/mol. The minimum absolute atomic E-state index is 0.860. The molecule has 0 amide bonds. The molecule has 0 aliphatic carbocycles. The topological polar surface area (TPSA) is 21.3 Å². The molecular weight excluding hydrogens is 773 g/mol. The first-order chi connectivity index (χ1) is 30.7. The molecule has 3 nitrogen and oxygen atoms in total. The van der Waals surface area contributed by atoms with E-state index in [1.54, 1.807) is 0 Å². The van der Waals surface area contributed by atoms with E-state index in [0.717, 1.165) is 55.8 Å². The normalized spacial score (nSPS) is 11.9. The van der Waals surface area contributed by atoms with Crippen molar-refractivity contribution in [2.45, 2.75) is 0 Å². The first-order valence-electron chi connectivity index (χ1n) is 21.1. The second kappa shape index (κ2) is 13.8. The molecule has 0 saturated carbocycles. The van der Waals surface area contributed by atoms with E-state index in [4.69, 9.17) is 4.42 Å². The van der Waals surface area contributed by atoms with Crippen LogP contribution in [0.2, 0.25) is 0 Å².